The molecule has 0 spiro atoms. The number of hydrogen-bond donors (Lipinski definition) is 0. The van der Waals surface area contributed by atoms with Gasteiger partial charge in [0.25, 0.3) is 10.0 Å². The van der Waals surface area contributed by atoms with E-state index in [0.717, 1.165) is 4.47 Å². The molecule has 0 saturated heterocycles. The number of nitrogens with zero attached hydrogens (tertiary/aromatic N) is 1. The molecule has 0 aliphatic rings. The topological polar surface area (TPSA) is 63.7 Å². The summed E-state index contributed by atoms with van der Waals surface area (Å²) in [6, 6.07) is 12.8. The molecule has 0 aliphatic heterocycles. The van der Waals surface area contributed by atoms with Crippen molar-refractivity contribution in [3.63, 3.8) is 0 Å². The molecule has 0 saturated carbocycles. The molecule has 0 atom stereocenters. The molecule has 0 amide bonds. The summed E-state index contributed by atoms with van der Waals surface area (Å²) in [5.74, 6) is -0.0692. The van der Waals surface area contributed by atoms with Crippen molar-refractivity contribution in [1.29, 1.82) is 0 Å². The molecule has 0 unspecified atom stereocenters. The van der Waals surface area contributed by atoms with Crippen LogP contribution < -0.4 is 9.04 Å². The molecule has 134 valence electrons. The second-order valence-electron chi connectivity index (χ2n) is 6.56. The number of hydrogen-bond acceptors (Lipinski definition) is 4. The Morgan fingerprint density at radius 3 is 2.00 bits per heavy atom. The molecule has 2 aromatic rings. The predicted octanol–water partition coefficient (Wildman–Crippen LogP) is 4.23. The number of sulfonamides is 1. The van der Waals surface area contributed by atoms with E-state index < -0.39 is 15.4 Å². The summed E-state index contributed by atoms with van der Waals surface area (Å²) in [6.07, 6.45) is 0. The summed E-state index contributed by atoms with van der Waals surface area (Å²) < 4.78 is 32.8. The van der Waals surface area contributed by atoms with Crippen LogP contribution in [0.15, 0.2) is 57.9 Å². The average molecular weight is 426 g/mol. The maximum absolute atomic E-state index is 12.7. The first kappa shape index (κ1) is 19.5. The van der Waals surface area contributed by atoms with Gasteiger partial charge in [-0.2, -0.15) is 0 Å². The predicted molar refractivity (Wildman–Crippen MR) is 101 cm³/mol. The number of carbonyl (C=O) groups excluding carboxylic acids is 1. The molecule has 0 aliphatic carbocycles. The summed E-state index contributed by atoms with van der Waals surface area (Å²) in [6.45, 7) is 5.25. The van der Waals surface area contributed by atoms with Crippen LogP contribution in [0.3, 0.4) is 0 Å². The smallest absolute Gasteiger partial charge is 0.316 e. The minimum absolute atomic E-state index is 0.119. The maximum atomic E-state index is 12.7. The molecule has 7 heteroatoms. The lowest BCUT2D eigenvalue weighted by atomic mass is 9.97. The Morgan fingerprint density at radius 2 is 1.52 bits per heavy atom. The van der Waals surface area contributed by atoms with Gasteiger partial charge in [0.1, 0.15) is 5.75 Å². The van der Waals surface area contributed by atoms with Crippen molar-refractivity contribution < 1.29 is 17.9 Å². The van der Waals surface area contributed by atoms with Crippen LogP contribution in [0, 0.1) is 5.41 Å². The highest BCUT2D eigenvalue weighted by Gasteiger charge is 2.25. The van der Waals surface area contributed by atoms with Gasteiger partial charge < -0.3 is 4.74 Å². The summed E-state index contributed by atoms with van der Waals surface area (Å²) >= 11 is 3.32. The van der Waals surface area contributed by atoms with E-state index in [1.807, 2.05) is 0 Å². The molecule has 0 bridgehead atoms. The standard InChI is InChI=1S/C18H20BrNO4S/c1-18(2,3)17(21)24-15-9-11-16(12-10-15)25(22,23)20(4)14-7-5-13(19)6-8-14/h5-12H,1-4H3. The lowest BCUT2D eigenvalue weighted by molar-refractivity contribution is -0.142. The second kappa shape index (κ2) is 7.17. The zero-order valence-corrected chi connectivity index (χ0v) is 16.9. The molecule has 0 radical (unpaired) electrons. The number of rotatable bonds is 4. The van der Waals surface area contributed by atoms with Gasteiger partial charge in [-0.1, -0.05) is 15.9 Å². The van der Waals surface area contributed by atoms with E-state index in [9.17, 15) is 13.2 Å². The summed E-state index contributed by atoms with van der Waals surface area (Å²) in [5, 5.41) is 0. The Morgan fingerprint density at radius 1 is 1.00 bits per heavy atom. The van der Waals surface area contributed by atoms with Crippen molar-refractivity contribution in [3.8, 4) is 5.75 Å². The Hall–Kier alpha value is -1.86. The average Bonchev–Trinajstić information content (AvgIpc) is 2.54. The Labute approximate surface area is 156 Å². The number of halogens is 1. The summed E-state index contributed by atoms with van der Waals surface area (Å²) in [4.78, 5) is 12.0. The van der Waals surface area contributed by atoms with E-state index in [1.165, 1.54) is 35.6 Å². The first-order valence-corrected chi connectivity index (χ1v) is 9.82. The van der Waals surface area contributed by atoms with Gasteiger partial charge in [-0.05, 0) is 69.3 Å². The summed E-state index contributed by atoms with van der Waals surface area (Å²) in [7, 11) is -2.21. The van der Waals surface area contributed by atoms with Crippen LogP contribution in [0.4, 0.5) is 5.69 Å². The van der Waals surface area contributed by atoms with Crippen molar-refractivity contribution in [3.05, 3.63) is 53.0 Å². The van der Waals surface area contributed by atoms with Crippen LogP contribution in [0.25, 0.3) is 0 Å². The fourth-order valence-corrected chi connectivity index (χ4v) is 3.35. The van der Waals surface area contributed by atoms with E-state index in [0.29, 0.717) is 11.4 Å². The van der Waals surface area contributed by atoms with Crippen LogP contribution in [0.2, 0.25) is 0 Å². The fraction of sp³-hybridized carbons (Fsp3) is 0.278. The van der Waals surface area contributed by atoms with E-state index >= 15 is 0 Å². The van der Waals surface area contributed by atoms with E-state index in [4.69, 9.17) is 4.74 Å². The molecule has 2 rings (SSSR count). The largest absolute Gasteiger partial charge is 0.426 e. The lowest BCUT2D eigenvalue weighted by Crippen LogP contribution is -2.27. The van der Waals surface area contributed by atoms with E-state index in [-0.39, 0.29) is 10.9 Å². The molecular formula is C18H20BrNO4S. The highest BCUT2D eigenvalue weighted by Crippen LogP contribution is 2.26. The second-order valence-corrected chi connectivity index (χ2v) is 9.44. The molecule has 0 aromatic heterocycles. The molecular weight excluding hydrogens is 406 g/mol. The van der Waals surface area contributed by atoms with Crippen molar-refractivity contribution in [2.75, 3.05) is 11.4 Å². The zero-order valence-electron chi connectivity index (χ0n) is 14.5. The van der Waals surface area contributed by atoms with Gasteiger partial charge in [0.05, 0.1) is 16.0 Å². The number of ether oxygens (including phenoxy) is 1. The van der Waals surface area contributed by atoms with E-state index in [1.54, 1.807) is 45.0 Å². The Bertz CT molecular complexity index is 853. The molecule has 0 N–H and O–H groups in total. The molecule has 0 fully saturated rings. The van der Waals surface area contributed by atoms with Gasteiger partial charge in [0.15, 0.2) is 0 Å². The monoisotopic (exact) mass is 425 g/mol. The molecule has 25 heavy (non-hydrogen) atoms. The van der Waals surface area contributed by atoms with Crippen LogP contribution in [-0.2, 0) is 14.8 Å². The zero-order chi connectivity index (χ0) is 18.8. The van der Waals surface area contributed by atoms with Crippen LogP contribution in [-0.4, -0.2) is 21.4 Å². The lowest BCUT2D eigenvalue weighted by Gasteiger charge is -2.20. The van der Waals surface area contributed by atoms with Crippen LogP contribution in [0.1, 0.15) is 20.8 Å². The first-order valence-electron chi connectivity index (χ1n) is 7.58. The SMILES string of the molecule is CN(c1ccc(Br)cc1)S(=O)(=O)c1ccc(OC(=O)C(C)(C)C)cc1. The highest BCUT2D eigenvalue weighted by atomic mass is 79.9. The third kappa shape index (κ3) is 4.61. The van der Waals surface area contributed by atoms with Gasteiger partial charge in [0.2, 0.25) is 0 Å². The van der Waals surface area contributed by atoms with Crippen molar-refractivity contribution in [1.82, 2.24) is 0 Å². The molecule has 0 heterocycles. The van der Waals surface area contributed by atoms with Crippen molar-refractivity contribution in [2.24, 2.45) is 5.41 Å². The molecule has 5 nitrogen and oxygen atoms in total. The highest BCUT2D eigenvalue weighted by molar-refractivity contribution is 9.10. The van der Waals surface area contributed by atoms with Gasteiger partial charge in [-0.15, -0.1) is 0 Å². The maximum Gasteiger partial charge on any atom is 0.316 e. The Balaban J connectivity index is 2.22. The van der Waals surface area contributed by atoms with Crippen LogP contribution in [0.5, 0.6) is 5.75 Å². The quantitative estimate of drug-likeness (QED) is 0.543. The minimum Gasteiger partial charge on any atom is -0.426 e. The van der Waals surface area contributed by atoms with Crippen molar-refractivity contribution >= 4 is 37.6 Å². The number of anilines is 1. The van der Waals surface area contributed by atoms with Gasteiger partial charge in [-0.3, -0.25) is 9.10 Å². The first-order chi connectivity index (χ1) is 11.5. The van der Waals surface area contributed by atoms with Gasteiger partial charge in [0, 0.05) is 11.5 Å². The Kier molecular flexibility index (Phi) is 5.58. The van der Waals surface area contributed by atoms with E-state index in [2.05, 4.69) is 15.9 Å². The minimum atomic E-state index is -3.70. The number of esters is 1. The third-order valence-corrected chi connectivity index (χ3v) is 5.82. The van der Waals surface area contributed by atoms with Crippen LogP contribution >= 0.6 is 15.9 Å². The van der Waals surface area contributed by atoms with Gasteiger partial charge in [-0.25, -0.2) is 8.42 Å². The van der Waals surface area contributed by atoms with Crippen molar-refractivity contribution in [2.45, 2.75) is 25.7 Å². The normalized spacial score (nSPS) is 11.9. The van der Waals surface area contributed by atoms with Gasteiger partial charge >= 0.3 is 5.97 Å². The molecule has 2 aromatic carbocycles. The summed E-state index contributed by atoms with van der Waals surface area (Å²) in [5.41, 5.74) is -0.0848. The fourth-order valence-electron chi connectivity index (χ4n) is 1.89. The third-order valence-electron chi connectivity index (χ3n) is 3.50. The number of benzene rings is 2. The number of carbonyl (C=O) groups is 1.